The Hall–Kier alpha value is -1.07. The van der Waals surface area contributed by atoms with Crippen LogP contribution in [0.5, 0.6) is 0 Å². The second-order valence-electron chi connectivity index (χ2n) is 4.30. The first-order valence-corrected chi connectivity index (χ1v) is 7.28. The summed E-state index contributed by atoms with van der Waals surface area (Å²) in [7, 11) is -3.35. The number of aliphatic carboxylic acids is 1. The van der Waals surface area contributed by atoms with E-state index < -0.39 is 21.2 Å². The van der Waals surface area contributed by atoms with Gasteiger partial charge in [-0.15, -0.1) is 0 Å². The summed E-state index contributed by atoms with van der Waals surface area (Å²) in [5.74, 6) is -0.954. The molecule has 0 atom stereocenters. The number of sulfone groups is 1. The molecular formula is C11H11ClO4S. The fraction of sp³-hybridized carbons (Fsp3) is 0.364. The lowest BCUT2D eigenvalue weighted by Crippen LogP contribution is -2.20. The number of halogens is 1. The van der Waals surface area contributed by atoms with Crippen LogP contribution in [-0.4, -0.2) is 25.7 Å². The summed E-state index contributed by atoms with van der Waals surface area (Å²) in [6.45, 7) is 0. The number of carboxylic acid groups (broad SMARTS) is 1. The Bertz CT molecular complexity index is 587. The molecule has 1 aliphatic rings. The summed E-state index contributed by atoms with van der Waals surface area (Å²) in [4.78, 5) is 11.3. The summed E-state index contributed by atoms with van der Waals surface area (Å²) < 4.78 is 22.8. The van der Waals surface area contributed by atoms with Crippen molar-refractivity contribution >= 4 is 27.4 Å². The predicted molar refractivity (Wildman–Crippen MR) is 63.1 cm³/mol. The summed E-state index contributed by atoms with van der Waals surface area (Å²) in [6.07, 6.45) is 2.07. The monoisotopic (exact) mass is 274 g/mol. The highest BCUT2D eigenvalue weighted by Gasteiger charge is 2.53. The fourth-order valence-electron chi connectivity index (χ4n) is 1.83. The molecule has 17 heavy (non-hydrogen) atoms. The Balaban J connectivity index is 2.59. The number of carbonyl (C=O) groups is 1. The second-order valence-corrected chi connectivity index (χ2v) is 6.72. The molecule has 0 aliphatic heterocycles. The van der Waals surface area contributed by atoms with Gasteiger partial charge in [-0.3, -0.25) is 4.79 Å². The van der Waals surface area contributed by atoms with Gasteiger partial charge in [0.25, 0.3) is 0 Å². The highest BCUT2D eigenvalue weighted by Crippen LogP contribution is 2.51. The van der Waals surface area contributed by atoms with E-state index in [1.165, 1.54) is 18.2 Å². The maximum Gasteiger partial charge on any atom is 0.314 e. The van der Waals surface area contributed by atoms with Gasteiger partial charge in [0, 0.05) is 11.3 Å². The molecule has 0 bridgehead atoms. The number of hydrogen-bond donors (Lipinski definition) is 1. The van der Waals surface area contributed by atoms with Gasteiger partial charge in [0.15, 0.2) is 9.84 Å². The van der Waals surface area contributed by atoms with Crippen molar-refractivity contribution in [3.8, 4) is 0 Å². The molecule has 4 nitrogen and oxygen atoms in total. The quantitative estimate of drug-likeness (QED) is 0.913. The van der Waals surface area contributed by atoms with Crippen molar-refractivity contribution in [2.45, 2.75) is 23.2 Å². The van der Waals surface area contributed by atoms with Crippen molar-refractivity contribution in [3.05, 3.63) is 28.8 Å². The van der Waals surface area contributed by atoms with Crippen molar-refractivity contribution < 1.29 is 18.3 Å². The van der Waals surface area contributed by atoms with Crippen LogP contribution in [0.2, 0.25) is 5.02 Å². The molecule has 1 saturated carbocycles. The molecule has 0 amide bonds. The molecule has 1 aromatic rings. The van der Waals surface area contributed by atoms with Crippen molar-refractivity contribution in [2.75, 3.05) is 6.26 Å². The van der Waals surface area contributed by atoms with Crippen molar-refractivity contribution in [3.63, 3.8) is 0 Å². The van der Waals surface area contributed by atoms with Crippen LogP contribution in [0, 0.1) is 0 Å². The zero-order valence-electron chi connectivity index (χ0n) is 9.10. The first-order valence-electron chi connectivity index (χ1n) is 5.01. The molecule has 0 heterocycles. The van der Waals surface area contributed by atoms with Crippen LogP contribution < -0.4 is 0 Å². The molecule has 2 rings (SSSR count). The van der Waals surface area contributed by atoms with E-state index in [2.05, 4.69) is 0 Å². The Morgan fingerprint density at radius 1 is 1.41 bits per heavy atom. The molecule has 0 saturated heterocycles. The lowest BCUT2D eigenvalue weighted by molar-refractivity contribution is -0.140. The Morgan fingerprint density at radius 3 is 2.41 bits per heavy atom. The van der Waals surface area contributed by atoms with Crippen LogP contribution in [-0.2, 0) is 20.0 Å². The topological polar surface area (TPSA) is 71.4 Å². The molecule has 0 aromatic heterocycles. The molecule has 92 valence electrons. The van der Waals surface area contributed by atoms with Gasteiger partial charge in [-0.1, -0.05) is 11.6 Å². The summed E-state index contributed by atoms with van der Waals surface area (Å²) >= 11 is 5.96. The molecule has 1 aliphatic carbocycles. The van der Waals surface area contributed by atoms with Crippen LogP contribution in [0.15, 0.2) is 23.1 Å². The standard InChI is InChI=1S/C11H11ClO4S/c1-17(15,16)7-2-3-9(12)8(6-7)11(4-5-11)10(13)14/h2-3,6H,4-5H2,1H3,(H,13,14). The largest absolute Gasteiger partial charge is 0.481 e. The summed E-state index contributed by atoms with van der Waals surface area (Å²) in [6, 6.07) is 4.20. The van der Waals surface area contributed by atoms with Gasteiger partial charge in [-0.2, -0.15) is 0 Å². The number of hydrogen-bond acceptors (Lipinski definition) is 3. The van der Waals surface area contributed by atoms with Crippen LogP contribution in [0.3, 0.4) is 0 Å². The molecule has 0 radical (unpaired) electrons. The SMILES string of the molecule is CS(=O)(=O)c1ccc(Cl)c(C2(C(=O)O)CC2)c1. The average Bonchev–Trinajstić information content (AvgIpc) is 2.97. The van der Waals surface area contributed by atoms with E-state index in [1.54, 1.807) is 0 Å². The molecule has 1 fully saturated rings. The van der Waals surface area contributed by atoms with Gasteiger partial charge in [0.1, 0.15) is 0 Å². The molecule has 0 spiro atoms. The van der Waals surface area contributed by atoms with Crippen molar-refractivity contribution in [1.82, 2.24) is 0 Å². The molecule has 1 aromatic carbocycles. The number of carboxylic acids is 1. The third kappa shape index (κ3) is 2.05. The van der Waals surface area contributed by atoms with E-state index in [1.807, 2.05) is 0 Å². The van der Waals surface area contributed by atoms with E-state index in [-0.39, 0.29) is 4.90 Å². The zero-order chi connectivity index (χ0) is 12.8. The van der Waals surface area contributed by atoms with Crippen LogP contribution >= 0.6 is 11.6 Å². The normalized spacial score (nSPS) is 17.8. The van der Waals surface area contributed by atoms with Gasteiger partial charge in [-0.25, -0.2) is 8.42 Å². The van der Waals surface area contributed by atoms with E-state index in [9.17, 15) is 13.2 Å². The molecule has 1 N–H and O–H groups in total. The summed E-state index contributed by atoms with van der Waals surface area (Å²) in [5, 5.41) is 9.47. The Labute approximate surface area is 104 Å². The fourth-order valence-corrected chi connectivity index (χ4v) is 2.77. The van der Waals surface area contributed by atoms with E-state index in [4.69, 9.17) is 16.7 Å². The van der Waals surface area contributed by atoms with Gasteiger partial charge in [0.05, 0.1) is 10.3 Å². The summed E-state index contributed by atoms with van der Waals surface area (Å²) in [5.41, 5.74) is -0.591. The van der Waals surface area contributed by atoms with Crippen LogP contribution in [0.1, 0.15) is 18.4 Å². The average molecular weight is 275 g/mol. The van der Waals surface area contributed by atoms with E-state index >= 15 is 0 Å². The maximum absolute atomic E-state index is 11.4. The zero-order valence-corrected chi connectivity index (χ0v) is 10.7. The van der Waals surface area contributed by atoms with Crippen LogP contribution in [0.4, 0.5) is 0 Å². The Kier molecular flexibility index (Phi) is 2.71. The second kappa shape index (κ2) is 3.71. The molecule has 6 heteroatoms. The minimum absolute atomic E-state index is 0.101. The molecular weight excluding hydrogens is 264 g/mol. The van der Waals surface area contributed by atoms with Gasteiger partial charge >= 0.3 is 5.97 Å². The van der Waals surface area contributed by atoms with E-state index in [0.29, 0.717) is 23.4 Å². The third-order valence-corrected chi connectivity index (χ3v) is 4.48. The number of rotatable bonds is 3. The number of benzene rings is 1. The van der Waals surface area contributed by atoms with Gasteiger partial charge < -0.3 is 5.11 Å². The van der Waals surface area contributed by atoms with E-state index in [0.717, 1.165) is 6.26 Å². The highest BCUT2D eigenvalue weighted by molar-refractivity contribution is 7.90. The van der Waals surface area contributed by atoms with Crippen LogP contribution in [0.25, 0.3) is 0 Å². The predicted octanol–water partition coefficient (Wildman–Crippen LogP) is 1.86. The Morgan fingerprint density at radius 2 is 2.00 bits per heavy atom. The molecule has 0 unspecified atom stereocenters. The first kappa shape index (κ1) is 12.4. The van der Waals surface area contributed by atoms with Crippen molar-refractivity contribution in [2.24, 2.45) is 0 Å². The first-order chi connectivity index (χ1) is 7.77. The maximum atomic E-state index is 11.4. The third-order valence-electron chi connectivity index (χ3n) is 3.04. The smallest absolute Gasteiger partial charge is 0.314 e. The van der Waals surface area contributed by atoms with Gasteiger partial charge in [-0.05, 0) is 36.6 Å². The van der Waals surface area contributed by atoms with Crippen molar-refractivity contribution in [1.29, 1.82) is 0 Å². The minimum Gasteiger partial charge on any atom is -0.481 e. The highest BCUT2D eigenvalue weighted by atomic mass is 35.5. The lowest BCUT2D eigenvalue weighted by Gasteiger charge is -2.13. The minimum atomic E-state index is -3.35. The van der Waals surface area contributed by atoms with Gasteiger partial charge in [0.2, 0.25) is 0 Å². The lowest BCUT2D eigenvalue weighted by atomic mass is 9.96.